The number of aromatic nitrogens is 1. The van der Waals surface area contributed by atoms with Crippen LogP contribution in [0.1, 0.15) is 45.2 Å². The summed E-state index contributed by atoms with van der Waals surface area (Å²) in [5.74, 6) is 0. The number of hydrogen-bond acceptors (Lipinski definition) is 2. The molecule has 0 radical (unpaired) electrons. The van der Waals surface area contributed by atoms with Gasteiger partial charge in [-0.2, -0.15) is 0 Å². The highest BCUT2D eigenvalue weighted by Crippen LogP contribution is 2.35. The van der Waals surface area contributed by atoms with Gasteiger partial charge in [0.2, 0.25) is 0 Å². The third-order valence-corrected chi connectivity index (χ3v) is 4.69. The molecule has 1 aromatic carbocycles. The van der Waals surface area contributed by atoms with Crippen LogP contribution in [0, 0.1) is 5.41 Å². The zero-order valence-corrected chi connectivity index (χ0v) is 12.5. The number of benzene rings is 1. The molecule has 2 aromatic rings. The number of pyridine rings is 1. The van der Waals surface area contributed by atoms with Gasteiger partial charge in [0.15, 0.2) is 0 Å². The van der Waals surface area contributed by atoms with Gasteiger partial charge in [-0.15, -0.1) is 0 Å². The molecule has 0 spiro atoms. The van der Waals surface area contributed by atoms with E-state index in [1.54, 1.807) is 0 Å². The average molecular weight is 268 g/mol. The van der Waals surface area contributed by atoms with E-state index < -0.39 is 0 Å². The van der Waals surface area contributed by atoms with Crippen molar-refractivity contribution in [3.05, 3.63) is 42.1 Å². The molecule has 0 unspecified atom stereocenters. The van der Waals surface area contributed by atoms with Gasteiger partial charge in [0.05, 0.1) is 11.2 Å². The van der Waals surface area contributed by atoms with E-state index in [0.29, 0.717) is 11.5 Å². The largest absolute Gasteiger partial charge is 0.308 e. The van der Waals surface area contributed by atoms with Crippen LogP contribution in [0.5, 0.6) is 0 Å². The van der Waals surface area contributed by atoms with Crippen LogP contribution in [0.4, 0.5) is 0 Å². The van der Waals surface area contributed by atoms with Crippen molar-refractivity contribution in [1.29, 1.82) is 0 Å². The summed E-state index contributed by atoms with van der Waals surface area (Å²) in [6.07, 6.45) is 5.35. The predicted octanol–water partition coefficient (Wildman–Crippen LogP) is 4.29. The van der Waals surface area contributed by atoms with E-state index in [-0.39, 0.29) is 0 Å². The number of fused-ring (bicyclic) bond motifs is 1. The lowest BCUT2D eigenvalue weighted by molar-refractivity contribution is 0.166. The molecule has 1 atom stereocenters. The lowest BCUT2D eigenvalue weighted by Crippen LogP contribution is -2.43. The fourth-order valence-corrected chi connectivity index (χ4v) is 3.31. The molecule has 1 aromatic heterocycles. The summed E-state index contributed by atoms with van der Waals surface area (Å²) in [6.45, 7) is 5.65. The lowest BCUT2D eigenvalue weighted by Gasteiger charge is -2.39. The van der Waals surface area contributed by atoms with Crippen molar-refractivity contribution in [2.75, 3.05) is 0 Å². The molecule has 2 nitrogen and oxygen atoms in total. The highest BCUT2D eigenvalue weighted by atomic mass is 14.9. The molecule has 1 heterocycles. The van der Waals surface area contributed by atoms with Crippen molar-refractivity contribution in [2.45, 2.75) is 52.1 Å². The quantitative estimate of drug-likeness (QED) is 0.898. The Labute approximate surface area is 121 Å². The number of nitrogens with one attached hydrogen (secondary N) is 1. The first-order valence-corrected chi connectivity index (χ1v) is 7.73. The Kier molecular flexibility index (Phi) is 3.75. The van der Waals surface area contributed by atoms with Crippen molar-refractivity contribution in [3.8, 4) is 0 Å². The number of hydrogen-bond donors (Lipinski definition) is 1. The molecule has 3 rings (SSSR count). The normalized spacial score (nSPS) is 22.0. The van der Waals surface area contributed by atoms with Crippen molar-refractivity contribution >= 4 is 10.9 Å². The van der Waals surface area contributed by atoms with Gasteiger partial charge in [-0.1, -0.05) is 51.0 Å². The first-order chi connectivity index (χ1) is 9.65. The van der Waals surface area contributed by atoms with Crippen LogP contribution >= 0.6 is 0 Å². The SMILES string of the molecule is CC1(C)CCCC[C@@H]1NCc1ccc2ccccc2n1. The summed E-state index contributed by atoms with van der Waals surface area (Å²) < 4.78 is 0. The van der Waals surface area contributed by atoms with Gasteiger partial charge < -0.3 is 5.32 Å². The topological polar surface area (TPSA) is 24.9 Å². The second-order valence-electron chi connectivity index (χ2n) is 6.66. The standard InChI is InChI=1S/C18H24N2/c1-18(2)12-6-5-9-17(18)19-13-15-11-10-14-7-3-4-8-16(14)20-15/h3-4,7-8,10-11,17,19H,5-6,9,12-13H2,1-2H3/t17-/m0/s1. The van der Waals surface area contributed by atoms with Crippen molar-refractivity contribution < 1.29 is 0 Å². The molecule has 1 N–H and O–H groups in total. The van der Waals surface area contributed by atoms with Crippen LogP contribution in [0.25, 0.3) is 10.9 Å². The lowest BCUT2D eigenvalue weighted by atomic mass is 9.73. The Morgan fingerprint density at radius 1 is 1.15 bits per heavy atom. The molecule has 1 saturated carbocycles. The van der Waals surface area contributed by atoms with E-state index in [1.165, 1.54) is 31.1 Å². The Morgan fingerprint density at radius 3 is 2.85 bits per heavy atom. The molecule has 0 bridgehead atoms. The molecule has 2 heteroatoms. The number of rotatable bonds is 3. The molecule has 1 aliphatic carbocycles. The van der Waals surface area contributed by atoms with E-state index in [2.05, 4.69) is 55.6 Å². The summed E-state index contributed by atoms with van der Waals surface area (Å²) in [7, 11) is 0. The highest BCUT2D eigenvalue weighted by molar-refractivity contribution is 5.78. The number of para-hydroxylation sites is 1. The summed E-state index contributed by atoms with van der Waals surface area (Å²) in [6, 6.07) is 13.2. The molecule has 106 valence electrons. The molecular weight excluding hydrogens is 244 g/mol. The maximum absolute atomic E-state index is 4.74. The fourth-order valence-electron chi connectivity index (χ4n) is 3.31. The predicted molar refractivity (Wildman–Crippen MR) is 84.6 cm³/mol. The second-order valence-corrected chi connectivity index (χ2v) is 6.66. The van der Waals surface area contributed by atoms with E-state index in [1.807, 2.05) is 0 Å². The third kappa shape index (κ3) is 2.85. The first-order valence-electron chi connectivity index (χ1n) is 7.73. The van der Waals surface area contributed by atoms with Crippen LogP contribution < -0.4 is 5.32 Å². The molecule has 1 fully saturated rings. The minimum Gasteiger partial charge on any atom is -0.308 e. The van der Waals surface area contributed by atoms with Crippen LogP contribution in [0.2, 0.25) is 0 Å². The zero-order chi connectivity index (χ0) is 14.0. The molecule has 0 aliphatic heterocycles. The van der Waals surface area contributed by atoms with Crippen LogP contribution in [0.15, 0.2) is 36.4 Å². The summed E-state index contributed by atoms with van der Waals surface area (Å²) in [5, 5.41) is 4.95. The summed E-state index contributed by atoms with van der Waals surface area (Å²) in [5.41, 5.74) is 2.65. The van der Waals surface area contributed by atoms with Gasteiger partial charge in [-0.3, -0.25) is 4.98 Å². The maximum atomic E-state index is 4.74. The zero-order valence-electron chi connectivity index (χ0n) is 12.5. The van der Waals surface area contributed by atoms with Crippen LogP contribution in [0.3, 0.4) is 0 Å². The van der Waals surface area contributed by atoms with Gasteiger partial charge in [-0.25, -0.2) is 0 Å². The Morgan fingerprint density at radius 2 is 2.00 bits per heavy atom. The van der Waals surface area contributed by atoms with Crippen molar-refractivity contribution in [3.63, 3.8) is 0 Å². The Balaban J connectivity index is 1.70. The average Bonchev–Trinajstić information content (AvgIpc) is 2.45. The third-order valence-electron chi connectivity index (χ3n) is 4.69. The van der Waals surface area contributed by atoms with Gasteiger partial charge in [0.25, 0.3) is 0 Å². The molecule has 0 saturated heterocycles. The van der Waals surface area contributed by atoms with Crippen LogP contribution in [-0.4, -0.2) is 11.0 Å². The monoisotopic (exact) mass is 268 g/mol. The number of nitrogens with zero attached hydrogens (tertiary/aromatic N) is 1. The molecular formula is C18H24N2. The van der Waals surface area contributed by atoms with E-state index in [9.17, 15) is 0 Å². The summed E-state index contributed by atoms with van der Waals surface area (Å²) in [4.78, 5) is 4.74. The van der Waals surface area contributed by atoms with Gasteiger partial charge >= 0.3 is 0 Å². The minimum atomic E-state index is 0.412. The molecule has 1 aliphatic rings. The van der Waals surface area contributed by atoms with E-state index >= 15 is 0 Å². The van der Waals surface area contributed by atoms with Gasteiger partial charge in [0, 0.05) is 18.0 Å². The Hall–Kier alpha value is -1.41. The van der Waals surface area contributed by atoms with E-state index in [4.69, 9.17) is 4.98 Å². The molecule has 0 amide bonds. The fraction of sp³-hybridized carbons (Fsp3) is 0.500. The summed E-state index contributed by atoms with van der Waals surface area (Å²) >= 11 is 0. The smallest absolute Gasteiger partial charge is 0.0705 e. The van der Waals surface area contributed by atoms with E-state index in [0.717, 1.165) is 17.8 Å². The maximum Gasteiger partial charge on any atom is 0.0705 e. The van der Waals surface area contributed by atoms with Crippen molar-refractivity contribution in [2.24, 2.45) is 5.41 Å². The van der Waals surface area contributed by atoms with Gasteiger partial charge in [-0.05, 0) is 30.4 Å². The molecule has 20 heavy (non-hydrogen) atoms. The Bertz CT molecular complexity index is 589. The highest BCUT2D eigenvalue weighted by Gasteiger charge is 2.31. The van der Waals surface area contributed by atoms with Crippen molar-refractivity contribution in [1.82, 2.24) is 10.3 Å². The minimum absolute atomic E-state index is 0.412. The second kappa shape index (κ2) is 5.53. The first kappa shape index (κ1) is 13.6. The van der Waals surface area contributed by atoms with Gasteiger partial charge in [0.1, 0.15) is 0 Å². The van der Waals surface area contributed by atoms with Crippen LogP contribution in [-0.2, 0) is 6.54 Å².